The van der Waals surface area contributed by atoms with Gasteiger partial charge >= 0.3 is 201 Å². The summed E-state index contributed by atoms with van der Waals surface area (Å²) in [5, 5.41) is 5.20. The fourth-order valence-electron chi connectivity index (χ4n) is 3.72. The molecule has 0 N–H and O–H groups in total. The summed E-state index contributed by atoms with van der Waals surface area (Å²) in [5.41, 5.74) is 0. The molecule has 0 radical (unpaired) electrons. The van der Waals surface area contributed by atoms with Gasteiger partial charge in [-0.15, -0.1) is 0 Å². The first-order valence-electron chi connectivity index (χ1n) is 9.88. The molecular formula is C26H23Cl2NiP2. The fraction of sp³-hybridized carbons (Fsp3) is 0.0769. The second kappa shape index (κ2) is 10.6. The van der Waals surface area contributed by atoms with Gasteiger partial charge in [0.1, 0.15) is 0 Å². The Hall–Kier alpha value is -1.19. The van der Waals surface area contributed by atoms with Gasteiger partial charge < -0.3 is 0 Å². The van der Waals surface area contributed by atoms with Gasteiger partial charge in [0.05, 0.1) is 0 Å². The third kappa shape index (κ3) is 4.93. The monoisotopic (exact) mass is 525 g/mol. The van der Waals surface area contributed by atoms with Crippen LogP contribution in [0, 0.1) is 0 Å². The van der Waals surface area contributed by atoms with Crippen molar-refractivity contribution in [1.82, 2.24) is 0 Å². The van der Waals surface area contributed by atoms with Crippen LogP contribution in [0.1, 0.15) is 6.92 Å². The quantitative estimate of drug-likeness (QED) is 0.182. The molecule has 0 amide bonds. The molecule has 4 rings (SSSR count). The molecular weight excluding hydrogens is 504 g/mol. The van der Waals surface area contributed by atoms with Crippen LogP contribution in [0.25, 0.3) is 0 Å². The van der Waals surface area contributed by atoms with E-state index in [4.69, 9.17) is 20.4 Å². The van der Waals surface area contributed by atoms with Gasteiger partial charge in [-0.1, -0.05) is 0 Å². The average molecular weight is 527 g/mol. The minimum atomic E-state index is -1.04. The Morgan fingerprint density at radius 1 is 0.484 bits per heavy atom. The van der Waals surface area contributed by atoms with Crippen molar-refractivity contribution in [3.63, 3.8) is 0 Å². The van der Waals surface area contributed by atoms with E-state index in [1.807, 2.05) is 0 Å². The second-order valence-corrected chi connectivity index (χ2v) is 17.2. The Kier molecular flexibility index (Phi) is 7.88. The third-order valence-electron chi connectivity index (χ3n) is 5.07. The van der Waals surface area contributed by atoms with Crippen molar-refractivity contribution in [2.45, 2.75) is 10.8 Å². The van der Waals surface area contributed by atoms with E-state index >= 15 is 0 Å². The Bertz CT molecular complexity index is 915. The van der Waals surface area contributed by atoms with Gasteiger partial charge in [0.15, 0.2) is 0 Å². The summed E-state index contributed by atoms with van der Waals surface area (Å²) in [6.45, 7) is 2.31. The van der Waals surface area contributed by atoms with Crippen molar-refractivity contribution in [3.05, 3.63) is 121 Å². The molecule has 161 valence electrons. The van der Waals surface area contributed by atoms with E-state index in [1.54, 1.807) is 0 Å². The summed E-state index contributed by atoms with van der Waals surface area (Å²) in [6.07, 6.45) is 0. The summed E-state index contributed by atoms with van der Waals surface area (Å²) >= 11 is -1.04. The molecule has 5 heteroatoms. The molecule has 0 nitrogen and oxygen atoms in total. The van der Waals surface area contributed by atoms with Crippen LogP contribution in [-0.4, -0.2) is 3.87 Å². The zero-order chi connectivity index (χ0) is 21.7. The maximum absolute atomic E-state index is 7.01. The molecule has 0 aliphatic heterocycles. The van der Waals surface area contributed by atoms with Crippen LogP contribution in [-0.2, 0) is 11.6 Å². The molecule has 0 aromatic heterocycles. The number of benzene rings is 4. The van der Waals surface area contributed by atoms with E-state index in [0.29, 0.717) is 0 Å². The number of rotatable bonds is 7. The topological polar surface area (TPSA) is 0 Å². The van der Waals surface area contributed by atoms with E-state index in [1.165, 1.54) is 21.2 Å². The SMILES string of the molecule is C[C](P(c1ccccc1)c1ccccc1)(P(c1ccccc1)c1ccccc1)[Ni]([Cl])[Cl]. The Morgan fingerprint density at radius 3 is 0.903 bits per heavy atom. The Morgan fingerprint density at radius 2 is 0.710 bits per heavy atom. The predicted octanol–water partition coefficient (Wildman–Crippen LogP) is 6.85. The molecule has 0 aliphatic rings. The summed E-state index contributed by atoms with van der Waals surface area (Å²) in [5.74, 6) is 0. The molecule has 0 bridgehead atoms. The Balaban J connectivity index is 2.00. The first kappa shape index (κ1) is 23.0. The summed E-state index contributed by atoms with van der Waals surface area (Å²) in [4.78, 5) is 0. The van der Waals surface area contributed by atoms with Crippen molar-refractivity contribution in [2.24, 2.45) is 0 Å². The average Bonchev–Trinajstić information content (AvgIpc) is 2.82. The zero-order valence-electron chi connectivity index (χ0n) is 17.0. The van der Waals surface area contributed by atoms with Gasteiger partial charge in [-0.25, -0.2) is 0 Å². The first-order chi connectivity index (χ1) is 15.1. The maximum atomic E-state index is 7.01. The van der Waals surface area contributed by atoms with Crippen LogP contribution in [0.15, 0.2) is 121 Å². The van der Waals surface area contributed by atoms with Crippen molar-refractivity contribution in [2.75, 3.05) is 0 Å². The van der Waals surface area contributed by atoms with Crippen LogP contribution in [0.4, 0.5) is 0 Å². The predicted molar refractivity (Wildman–Crippen MR) is 138 cm³/mol. The van der Waals surface area contributed by atoms with Gasteiger partial charge in [0, 0.05) is 0 Å². The molecule has 4 aromatic rings. The normalized spacial score (nSPS) is 12.2. The molecule has 0 heterocycles. The first-order valence-corrected chi connectivity index (χ1v) is 15.8. The van der Waals surface area contributed by atoms with E-state index in [0.717, 1.165) is 0 Å². The summed E-state index contributed by atoms with van der Waals surface area (Å²) in [7, 11) is 12.3. The summed E-state index contributed by atoms with van der Waals surface area (Å²) < 4.78 is -0.348. The standard InChI is InChI=1S/C26H23P2.2ClH.Ni/c1-22(27(23-14-6-2-7-15-23)24-16-8-3-9-17-24)28(25-18-10-4-11-19-25)26-20-12-5-13-21-26;;;/h2-21H,1H3;2*1H;/q;;;+2/p-2. The van der Waals surface area contributed by atoms with Crippen LogP contribution < -0.4 is 21.2 Å². The third-order valence-corrected chi connectivity index (χ3v) is 17.7. The molecule has 0 aliphatic carbocycles. The fourth-order valence-corrected chi connectivity index (χ4v) is 15.6. The van der Waals surface area contributed by atoms with Gasteiger partial charge in [-0.3, -0.25) is 0 Å². The van der Waals surface area contributed by atoms with Gasteiger partial charge in [-0.2, -0.15) is 0 Å². The molecule has 31 heavy (non-hydrogen) atoms. The van der Waals surface area contributed by atoms with Crippen molar-refractivity contribution in [3.8, 4) is 0 Å². The van der Waals surface area contributed by atoms with Gasteiger partial charge in [-0.05, 0) is 0 Å². The summed E-state index contributed by atoms with van der Waals surface area (Å²) in [6, 6.07) is 43.0. The van der Waals surface area contributed by atoms with Crippen LogP contribution in [0.2, 0.25) is 0 Å². The zero-order valence-corrected chi connectivity index (χ0v) is 21.3. The molecule has 0 atom stereocenters. The van der Waals surface area contributed by atoms with Crippen molar-refractivity contribution in [1.29, 1.82) is 0 Å². The van der Waals surface area contributed by atoms with Crippen LogP contribution in [0.3, 0.4) is 0 Å². The van der Waals surface area contributed by atoms with E-state index in [9.17, 15) is 0 Å². The van der Waals surface area contributed by atoms with Crippen molar-refractivity contribution >= 4 is 57.4 Å². The molecule has 0 unspecified atom stereocenters. The van der Waals surface area contributed by atoms with Gasteiger partial charge in [0.25, 0.3) is 0 Å². The Labute approximate surface area is 200 Å². The second-order valence-electron chi connectivity index (χ2n) is 7.02. The molecule has 0 saturated heterocycles. The van der Waals surface area contributed by atoms with Crippen molar-refractivity contribution < 1.29 is 11.6 Å². The van der Waals surface area contributed by atoms with E-state index in [-0.39, 0.29) is 3.87 Å². The molecule has 0 saturated carbocycles. The van der Waals surface area contributed by atoms with Gasteiger partial charge in [0.2, 0.25) is 0 Å². The van der Waals surface area contributed by atoms with E-state index in [2.05, 4.69) is 128 Å². The van der Waals surface area contributed by atoms with E-state index < -0.39 is 27.5 Å². The number of hydrogen-bond donors (Lipinski definition) is 0. The molecule has 0 fully saturated rings. The van der Waals surface area contributed by atoms with Crippen LogP contribution >= 0.6 is 36.2 Å². The molecule has 4 aromatic carbocycles. The minimum absolute atomic E-state index is 0.348. The number of hydrogen-bond acceptors (Lipinski definition) is 0. The molecule has 0 spiro atoms. The van der Waals surface area contributed by atoms with Crippen LogP contribution in [0.5, 0.6) is 0 Å². The number of halogens is 2.